The van der Waals surface area contributed by atoms with E-state index < -0.39 is 0 Å². The van der Waals surface area contributed by atoms with E-state index in [4.69, 9.17) is 9.72 Å². The van der Waals surface area contributed by atoms with Crippen molar-refractivity contribution in [3.63, 3.8) is 0 Å². The molecular weight excluding hydrogens is 439 g/mol. The Morgan fingerprint density at radius 1 is 1.18 bits per heavy atom. The van der Waals surface area contributed by atoms with Gasteiger partial charge in [0.05, 0.1) is 35.4 Å². The predicted octanol–water partition coefficient (Wildman–Crippen LogP) is 5.24. The fourth-order valence-corrected chi connectivity index (χ4v) is 5.39. The molecule has 4 heterocycles. The topological polar surface area (TPSA) is 68.1 Å². The predicted molar refractivity (Wildman–Crippen MR) is 130 cm³/mol. The van der Waals surface area contributed by atoms with Crippen molar-refractivity contribution in [3.05, 3.63) is 47.5 Å². The van der Waals surface area contributed by atoms with Gasteiger partial charge in [0.2, 0.25) is 5.95 Å². The summed E-state index contributed by atoms with van der Waals surface area (Å²) in [6.07, 6.45) is 9.33. The van der Waals surface area contributed by atoms with Crippen molar-refractivity contribution >= 4 is 33.2 Å². The highest BCUT2D eigenvalue weighted by Crippen LogP contribution is 2.41. The van der Waals surface area contributed by atoms with Crippen molar-refractivity contribution in [1.29, 1.82) is 0 Å². The SMILES string of the molecule is COc1cc(F)ccc1-c1c(C)sc2cnc(Nc3cnn(CCCN4CCCC4)c3)nc12. The summed E-state index contributed by atoms with van der Waals surface area (Å²) in [6, 6.07) is 4.58. The zero-order valence-electron chi connectivity index (χ0n) is 18.8. The summed E-state index contributed by atoms with van der Waals surface area (Å²) >= 11 is 1.61. The van der Waals surface area contributed by atoms with Crippen LogP contribution in [0, 0.1) is 12.7 Å². The van der Waals surface area contributed by atoms with E-state index in [0.29, 0.717) is 11.7 Å². The summed E-state index contributed by atoms with van der Waals surface area (Å²) in [5, 5.41) is 7.74. The molecule has 0 bridgehead atoms. The molecule has 1 aliphatic heterocycles. The third-order valence-corrected chi connectivity index (χ3v) is 7.02. The number of hydrogen-bond donors (Lipinski definition) is 1. The van der Waals surface area contributed by atoms with Crippen molar-refractivity contribution in [2.45, 2.75) is 32.7 Å². The number of benzene rings is 1. The first-order valence-corrected chi connectivity index (χ1v) is 12.0. The number of aromatic nitrogens is 4. The van der Waals surface area contributed by atoms with Gasteiger partial charge < -0.3 is 15.0 Å². The van der Waals surface area contributed by atoms with Crippen LogP contribution in [0.3, 0.4) is 0 Å². The minimum Gasteiger partial charge on any atom is -0.496 e. The van der Waals surface area contributed by atoms with Crippen LogP contribution in [0.25, 0.3) is 21.3 Å². The summed E-state index contributed by atoms with van der Waals surface area (Å²) in [5.74, 6) is 0.655. The fraction of sp³-hybridized carbons (Fsp3) is 0.375. The molecule has 1 aromatic carbocycles. The maximum Gasteiger partial charge on any atom is 0.227 e. The molecule has 0 atom stereocenters. The number of fused-ring (bicyclic) bond motifs is 1. The van der Waals surface area contributed by atoms with Crippen LogP contribution in [0.5, 0.6) is 5.75 Å². The maximum atomic E-state index is 13.7. The van der Waals surface area contributed by atoms with Gasteiger partial charge in [-0.1, -0.05) is 0 Å². The van der Waals surface area contributed by atoms with E-state index in [-0.39, 0.29) is 5.82 Å². The van der Waals surface area contributed by atoms with Gasteiger partial charge in [-0.25, -0.2) is 14.4 Å². The first kappa shape index (κ1) is 21.8. The minimum absolute atomic E-state index is 0.331. The van der Waals surface area contributed by atoms with Gasteiger partial charge in [0.25, 0.3) is 0 Å². The molecule has 1 fully saturated rings. The van der Waals surface area contributed by atoms with E-state index >= 15 is 0 Å². The number of halogens is 1. The fourth-order valence-electron chi connectivity index (χ4n) is 4.40. The lowest BCUT2D eigenvalue weighted by molar-refractivity contribution is 0.322. The highest BCUT2D eigenvalue weighted by atomic mass is 32.1. The Hall–Kier alpha value is -3.04. The highest BCUT2D eigenvalue weighted by Gasteiger charge is 2.18. The number of hydrogen-bond acceptors (Lipinski definition) is 7. The number of aryl methyl sites for hydroxylation is 2. The number of nitrogens with zero attached hydrogens (tertiary/aromatic N) is 5. The molecule has 1 saturated heterocycles. The van der Waals surface area contributed by atoms with Gasteiger partial charge in [0, 0.05) is 34.8 Å². The monoisotopic (exact) mass is 466 g/mol. The number of nitrogens with one attached hydrogen (secondary N) is 1. The molecule has 0 aliphatic carbocycles. The Labute approximate surface area is 196 Å². The van der Waals surface area contributed by atoms with Crippen molar-refractivity contribution in [3.8, 4) is 16.9 Å². The van der Waals surface area contributed by atoms with E-state index in [2.05, 4.69) is 20.3 Å². The Bertz CT molecular complexity index is 1260. The van der Waals surface area contributed by atoms with E-state index in [1.165, 1.54) is 38.1 Å². The summed E-state index contributed by atoms with van der Waals surface area (Å²) in [4.78, 5) is 12.9. The lowest BCUT2D eigenvalue weighted by Crippen LogP contribution is -2.21. The molecule has 33 heavy (non-hydrogen) atoms. The van der Waals surface area contributed by atoms with E-state index in [1.54, 1.807) is 30.7 Å². The number of ether oxygens (including phenoxy) is 1. The van der Waals surface area contributed by atoms with Crippen LogP contribution in [0.15, 0.2) is 36.8 Å². The van der Waals surface area contributed by atoms with Crippen molar-refractivity contribution in [1.82, 2.24) is 24.6 Å². The van der Waals surface area contributed by atoms with Gasteiger partial charge in [-0.3, -0.25) is 4.68 Å². The van der Waals surface area contributed by atoms with Crippen molar-refractivity contribution in [2.75, 3.05) is 32.1 Å². The molecular formula is C24H27FN6OS. The first-order valence-electron chi connectivity index (χ1n) is 11.2. The molecule has 4 aromatic rings. The number of methoxy groups -OCH3 is 1. The second-order valence-corrected chi connectivity index (χ2v) is 9.56. The Balaban J connectivity index is 1.35. The Morgan fingerprint density at radius 2 is 2.03 bits per heavy atom. The zero-order chi connectivity index (χ0) is 22.8. The standard InChI is InChI=1S/C24H27FN6OS/c1-16-22(19-7-6-17(25)12-20(19)32-2)23-21(33-16)14-26-24(29-23)28-18-13-27-31(15-18)11-5-10-30-8-3-4-9-30/h6-7,12-15H,3-5,8-11H2,1-2H3,(H,26,28,29). The van der Waals surface area contributed by atoms with E-state index in [0.717, 1.165) is 51.4 Å². The number of anilines is 2. The summed E-state index contributed by atoms with van der Waals surface area (Å²) in [6.45, 7) is 6.48. The molecule has 1 aliphatic rings. The quantitative estimate of drug-likeness (QED) is 0.383. The van der Waals surface area contributed by atoms with Crippen LogP contribution >= 0.6 is 11.3 Å². The van der Waals surface area contributed by atoms with Crippen LogP contribution in [-0.2, 0) is 6.54 Å². The van der Waals surface area contributed by atoms with Crippen LogP contribution < -0.4 is 10.1 Å². The molecule has 0 amide bonds. The Kier molecular flexibility index (Phi) is 6.24. The number of likely N-dealkylation sites (tertiary alicyclic amines) is 1. The van der Waals surface area contributed by atoms with Gasteiger partial charge in [-0.05, 0) is 58.0 Å². The molecule has 9 heteroatoms. The second kappa shape index (κ2) is 9.44. The van der Waals surface area contributed by atoms with Gasteiger partial charge in [-0.15, -0.1) is 11.3 Å². The third kappa shape index (κ3) is 4.69. The van der Waals surface area contributed by atoms with Gasteiger partial charge in [0.15, 0.2) is 0 Å². The largest absolute Gasteiger partial charge is 0.496 e. The highest BCUT2D eigenvalue weighted by molar-refractivity contribution is 7.19. The lowest BCUT2D eigenvalue weighted by atomic mass is 10.0. The third-order valence-electron chi connectivity index (χ3n) is 5.99. The van der Waals surface area contributed by atoms with Gasteiger partial charge in [-0.2, -0.15) is 5.10 Å². The molecule has 0 unspecified atom stereocenters. The van der Waals surface area contributed by atoms with Crippen LogP contribution in [0.1, 0.15) is 24.1 Å². The molecule has 0 saturated carbocycles. The average Bonchev–Trinajstić information content (AvgIpc) is 3.55. The molecule has 0 radical (unpaired) electrons. The van der Waals surface area contributed by atoms with E-state index in [1.807, 2.05) is 24.0 Å². The van der Waals surface area contributed by atoms with Gasteiger partial charge in [0.1, 0.15) is 11.6 Å². The molecule has 5 rings (SSSR count). The first-order chi connectivity index (χ1) is 16.1. The molecule has 7 nitrogen and oxygen atoms in total. The van der Waals surface area contributed by atoms with Crippen LogP contribution in [0.4, 0.5) is 16.0 Å². The molecule has 172 valence electrons. The average molecular weight is 467 g/mol. The van der Waals surface area contributed by atoms with Crippen molar-refractivity contribution < 1.29 is 9.13 Å². The van der Waals surface area contributed by atoms with Crippen molar-refractivity contribution in [2.24, 2.45) is 0 Å². The summed E-state index contributed by atoms with van der Waals surface area (Å²) < 4.78 is 22.1. The normalized spacial score (nSPS) is 14.3. The minimum atomic E-state index is -0.331. The second-order valence-electron chi connectivity index (χ2n) is 8.30. The summed E-state index contributed by atoms with van der Waals surface area (Å²) in [5.41, 5.74) is 3.43. The van der Waals surface area contributed by atoms with Crippen LogP contribution in [-0.4, -0.2) is 51.4 Å². The molecule has 0 spiro atoms. The summed E-state index contributed by atoms with van der Waals surface area (Å²) in [7, 11) is 1.55. The zero-order valence-corrected chi connectivity index (χ0v) is 19.7. The van der Waals surface area contributed by atoms with Crippen LogP contribution in [0.2, 0.25) is 0 Å². The van der Waals surface area contributed by atoms with E-state index in [9.17, 15) is 4.39 Å². The smallest absolute Gasteiger partial charge is 0.227 e. The van der Waals surface area contributed by atoms with Gasteiger partial charge >= 0.3 is 0 Å². The Morgan fingerprint density at radius 3 is 2.85 bits per heavy atom. The molecule has 1 N–H and O–H groups in total. The number of thiophene rings is 1. The maximum absolute atomic E-state index is 13.7. The number of rotatable bonds is 8. The lowest BCUT2D eigenvalue weighted by Gasteiger charge is -2.13. The molecule has 3 aromatic heterocycles.